The second kappa shape index (κ2) is 8.36. The highest BCUT2D eigenvalue weighted by Crippen LogP contribution is 2.31. The molecule has 6 nitrogen and oxygen atoms in total. The molecule has 0 N–H and O–H groups in total. The lowest BCUT2D eigenvalue weighted by molar-refractivity contribution is -0.146. The van der Waals surface area contributed by atoms with Crippen LogP contribution in [0.5, 0.6) is 5.75 Å². The van der Waals surface area contributed by atoms with E-state index in [0.29, 0.717) is 32.8 Å². The number of morpholine rings is 1. The number of carbonyl (C=O) groups is 2. The van der Waals surface area contributed by atoms with Gasteiger partial charge in [-0.05, 0) is 25.0 Å². The molecule has 0 spiro atoms. The molecule has 0 bridgehead atoms. The van der Waals surface area contributed by atoms with Gasteiger partial charge in [-0.3, -0.25) is 9.59 Å². The van der Waals surface area contributed by atoms with Gasteiger partial charge in [0.2, 0.25) is 11.8 Å². The van der Waals surface area contributed by atoms with Crippen LogP contribution >= 0.6 is 0 Å². The lowest BCUT2D eigenvalue weighted by atomic mass is 9.95. The Morgan fingerprint density at radius 2 is 2.04 bits per heavy atom. The molecule has 3 rings (SSSR count). The van der Waals surface area contributed by atoms with Crippen molar-refractivity contribution in [1.82, 2.24) is 9.80 Å². The second-order valence-electron chi connectivity index (χ2n) is 6.71. The van der Waals surface area contributed by atoms with Gasteiger partial charge < -0.3 is 19.3 Å². The Morgan fingerprint density at radius 3 is 2.81 bits per heavy atom. The maximum Gasteiger partial charge on any atom is 0.245 e. The van der Waals surface area contributed by atoms with Gasteiger partial charge in [-0.25, -0.2) is 0 Å². The highest BCUT2D eigenvalue weighted by Gasteiger charge is 2.34. The van der Waals surface area contributed by atoms with Crippen LogP contribution in [0, 0.1) is 5.92 Å². The summed E-state index contributed by atoms with van der Waals surface area (Å²) in [4.78, 5) is 28.5. The maximum atomic E-state index is 13.0. The average Bonchev–Trinajstić information content (AvgIpc) is 2.72. The van der Waals surface area contributed by atoms with Crippen LogP contribution in [0.1, 0.15) is 24.5 Å². The van der Waals surface area contributed by atoms with E-state index in [0.717, 1.165) is 24.2 Å². The molecule has 2 fully saturated rings. The van der Waals surface area contributed by atoms with Crippen LogP contribution in [-0.4, -0.2) is 61.5 Å². The summed E-state index contributed by atoms with van der Waals surface area (Å²) in [6, 6.07) is 7.74. The highest BCUT2D eigenvalue weighted by molar-refractivity contribution is 5.88. The molecule has 2 aliphatic rings. The Labute approximate surface area is 154 Å². The summed E-state index contributed by atoms with van der Waals surface area (Å²) in [6.07, 6.45) is 2.78. The smallest absolute Gasteiger partial charge is 0.245 e. The number of hydrogen-bond donors (Lipinski definition) is 0. The Morgan fingerprint density at radius 1 is 1.23 bits per heavy atom. The Balaban J connectivity index is 1.68. The minimum Gasteiger partial charge on any atom is -0.496 e. The topological polar surface area (TPSA) is 59.1 Å². The SMILES string of the molecule is C=CC(=O)N1CCCC(C(=O)N2CCOC(c3ccccc3OC)C2)C1. The molecular formula is C20H26N2O4. The lowest BCUT2D eigenvalue weighted by Gasteiger charge is -2.38. The van der Waals surface area contributed by atoms with Crippen LogP contribution in [0.25, 0.3) is 0 Å². The molecule has 2 saturated heterocycles. The number of benzene rings is 1. The Hall–Kier alpha value is -2.34. The molecule has 140 valence electrons. The van der Waals surface area contributed by atoms with Crippen LogP contribution in [0.2, 0.25) is 0 Å². The number of ether oxygens (including phenoxy) is 2. The van der Waals surface area contributed by atoms with Crippen molar-refractivity contribution in [2.75, 3.05) is 39.9 Å². The molecule has 2 unspecified atom stereocenters. The fourth-order valence-electron chi connectivity index (χ4n) is 3.74. The van der Waals surface area contributed by atoms with E-state index in [1.807, 2.05) is 29.2 Å². The minimum atomic E-state index is -0.196. The van der Waals surface area contributed by atoms with Gasteiger partial charge >= 0.3 is 0 Å². The predicted molar refractivity (Wildman–Crippen MR) is 97.8 cm³/mol. The van der Waals surface area contributed by atoms with Crippen LogP contribution < -0.4 is 4.74 Å². The monoisotopic (exact) mass is 358 g/mol. The summed E-state index contributed by atoms with van der Waals surface area (Å²) in [5.74, 6) is 0.627. The van der Waals surface area contributed by atoms with E-state index in [-0.39, 0.29) is 23.8 Å². The highest BCUT2D eigenvalue weighted by atomic mass is 16.5. The zero-order valence-corrected chi connectivity index (χ0v) is 15.2. The number of nitrogens with zero attached hydrogens (tertiary/aromatic N) is 2. The van der Waals surface area contributed by atoms with E-state index in [9.17, 15) is 9.59 Å². The number of piperidine rings is 1. The van der Waals surface area contributed by atoms with Crippen molar-refractivity contribution >= 4 is 11.8 Å². The second-order valence-corrected chi connectivity index (χ2v) is 6.71. The third-order valence-electron chi connectivity index (χ3n) is 5.12. The average molecular weight is 358 g/mol. The summed E-state index contributed by atoms with van der Waals surface area (Å²) in [5, 5.41) is 0. The van der Waals surface area contributed by atoms with Crippen molar-refractivity contribution in [1.29, 1.82) is 0 Å². The van der Waals surface area contributed by atoms with Gasteiger partial charge in [0.1, 0.15) is 11.9 Å². The van der Waals surface area contributed by atoms with Gasteiger partial charge in [0.15, 0.2) is 0 Å². The van der Waals surface area contributed by atoms with Gasteiger partial charge in [0.25, 0.3) is 0 Å². The van der Waals surface area contributed by atoms with Gasteiger partial charge in [-0.1, -0.05) is 24.8 Å². The molecule has 0 aromatic heterocycles. The first-order chi connectivity index (χ1) is 12.6. The number of rotatable bonds is 4. The molecule has 1 aromatic carbocycles. The van der Waals surface area contributed by atoms with E-state index >= 15 is 0 Å². The van der Waals surface area contributed by atoms with Crippen molar-refractivity contribution in [2.24, 2.45) is 5.92 Å². The van der Waals surface area contributed by atoms with Crippen LogP contribution in [0.3, 0.4) is 0 Å². The van der Waals surface area contributed by atoms with Gasteiger partial charge in [-0.2, -0.15) is 0 Å². The van der Waals surface area contributed by atoms with Gasteiger partial charge in [0, 0.05) is 25.2 Å². The molecule has 1 aromatic rings. The van der Waals surface area contributed by atoms with E-state index in [1.54, 1.807) is 12.0 Å². The summed E-state index contributed by atoms with van der Waals surface area (Å²) in [6.45, 7) is 6.29. The first-order valence-corrected chi connectivity index (χ1v) is 9.08. The number of carbonyl (C=O) groups excluding carboxylic acids is 2. The standard InChI is InChI=1S/C20H26N2O4/c1-3-19(23)21-10-6-7-15(13-21)20(24)22-11-12-26-18(14-22)16-8-4-5-9-17(16)25-2/h3-5,8-9,15,18H,1,6-7,10-14H2,2H3. The number of hydrogen-bond acceptors (Lipinski definition) is 4. The molecule has 6 heteroatoms. The van der Waals surface area contributed by atoms with Crippen LogP contribution in [0.15, 0.2) is 36.9 Å². The molecule has 2 heterocycles. The summed E-state index contributed by atoms with van der Waals surface area (Å²) in [5.41, 5.74) is 0.958. The first-order valence-electron chi connectivity index (χ1n) is 9.08. The van der Waals surface area contributed by atoms with Crippen LogP contribution in [0.4, 0.5) is 0 Å². The summed E-state index contributed by atoms with van der Waals surface area (Å²) < 4.78 is 11.3. The maximum absolute atomic E-state index is 13.0. The van der Waals surface area contributed by atoms with Crippen molar-refractivity contribution in [3.63, 3.8) is 0 Å². The predicted octanol–water partition coefficient (Wildman–Crippen LogP) is 2.02. The zero-order valence-electron chi connectivity index (χ0n) is 15.2. The lowest BCUT2D eigenvalue weighted by Crippen LogP contribution is -2.49. The molecule has 0 radical (unpaired) electrons. The molecule has 0 saturated carbocycles. The Bertz CT molecular complexity index is 676. The number of methoxy groups -OCH3 is 1. The first kappa shape index (κ1) is 18.5. The van der Waals surface area contributed by atoms with E-state index in [1.165, 1.54) is 6.08 Å². The van der Waals surface area contributed by atoms with E-state index in [4.69, 9.17) is 9.47 Å². The quantitative estimate of drug-likeness (QED) is 0.773. The molecule has 2 aliphatic heterocycles. The molecule has 2 amide bonds. The number of likely N-dealkylation sites (tertiary alicyclic amines) is 1. The molecule has 0 aliphatic carbocycles. The van der Waals surface area contributed by atoms with Crippen molar-refractivity contribution < 1.29 is 19.1 Å². The summed E-state index contributed by atoms with van der Waals surface area (Å²) >= 11 is 0. The molecule has 26 heavy (non-hydrogen) atoms. The Kier molecular flexibility index (Phi) is 5.93. The number of para-hydroxylation sites is 1. The normalized spacial score (nSPS) is 23.4. The van der Waals surface area contributed by atoms with Crippen LogP contribution in [-0.2, 0) is 14.3 Å². The van der Waals surface area contributed by atoms with Crippen molar-refractivity contribution in [3.05, 3.63) is 42.5 Å². The third kappa shape index (κ3) is 3.90. The van der Waals surface area contributed by atoms with E-state index < -0.39 is 0 Å². The molecular weight excluding hydrogens is 332 g/mol. The zero-order chi connectivity index (χ0) is 18.5. The largest absolute Gasteiger partial charge is 0.496 e. The van der Waals surface area contributed by atoms with Gasteiger partial charge in [-0.15, -0.1) is 0 Å². The fourth-order valence-corrected chi connectivity index (χ4v) is 3.74. The fraction of sp³-hybridized carbons (Fsp3) is 0.500. The minimum absolute atomic E-state index is 0.101. The summed E-state index contributed by atoms with van der Waals surface area (Å²) in [7, 11) is 1.64. The van der Waals surface area contributed by atoms with E-state index in [2.05, 4.69) is 6.58 Å². The molecule has 2 atom stereocenters. The number of amides is 2. The van der Waals surface area contributed by atoms with Crippen molar-refractivity contribution in [3.8, 4) is 5.75 Å². The van der Waals surface area contributed by atoms with Gasteiger partial charge in [0.05, 0.1) is 26.2 Å². The third-order valence-corrected chi connectivity index (χ3v) is 5.12. The van der Waals surface area contributed by atoms with Crippen molar-refractivity contribution in [2.45, 2.75) is 18.9 Å².